The molecule has 7 nitrogen and oxygen atoms in total. The first-order valence-electron chi connectivity index (χ1n) is 8.99. The van der Waals surface area contributed by atoms with Crippen molar-refractivity contribution in [2.24, 2.45) is 0 Å². The fourth-order valence-corrected chi connectivity index (χ4v) is 5.07. The number of hydrogen-bond acceptors (Lipinski definition) is 6. The van der Waals surface area contributed by atoms with E-state index in [4.69, 9.17) is 0 Å². The largest absolute Gasteiger partial charge is 0.353 e. The van der Waals surface area contributed by atoms with Gasteiger partial charge < -0.3 is 10.2 Å². The summed E-state index contributed by atoms with van der Waals surface area (Å²) in [6.07, 6.45) is 0.573. The molecule has 1 aromatic heterocycles. The van der Waals surface area contributed by atoms with Gasteiger partial charge in [-0.1, -0.05) is 18.2 Å². The third kappa shape index (κ3) is 4.44. The summed E-state index contributed by atoms with van der Waals surface area (Å²) < 4.78 is 23.7. The molecule has 8 heteroatoms. The number of para-hydroxylation sites is 1. The van der Waals surface area contributed by atoms with Crippen molar-refractivity contribution in [2.75, 3.05) is 28.3 Å². The molecule has 1 aliphatic heterocycles. The number of sulfone groups is 1. The molecule has 0 spiro atoms. The molecule has 1 aliphatic rings. The Kier molecular flexibility index (Phi) is 5.46. The Hall–Kier alpha value is -2.48. The second-order valence-corrected chi connectivity index (χ2v) is 9.00. The highest BCUT2D eigenvalue weighted by Gasteiger charge is 2.32. The molecule has 0 saturated carbocycles. The van der Waals surface area contributed by atoms with Crippen LogP contribution in [-0.4, -0.2) is 48.4 Å². The van der Waals surface area contributed by atoms with E-state index in [1.807, 2.05) is 43.0 Å². The van der Waals surface area contributed by atoms with Crippen LogP contribution in [0, 0.1) is 13.8 Å². The van der Waals surface area contributed by atoms with Crippen LogP contribution >= 0.6 is 0 Å². The first-order chi connectivity index (χ1) is 12.8. The molecule has 1 atom stereocenters. The van der Waals surface area contributed by atoms with E-state index in [9.17, 15) is 13.2 Å². The lowest BCUT2D eigenvalue weighted by molar-refractivity contribution is 0.102. The maximum atomic E-state index is 12.7. The summed E-state index contributed by atoms with van der Waals surface area (Å²) in [5, 5.41) is 2.88. The van der Waals surface area contributed by atoms with Gasteiger partial charge in [-0.25, -0.2) is 18.4 Å². The molecule has 1 saturated heterocycles. The van der Waals surface area contributed by atoms with Gasteiger partial charge in [-0.05, 0) is 38.8 Å². The van der Waals surface area contributed by atoms with E-state index in [0.717, 1.165) is 11.3 Å². The minimum atomic E-state index is -3.00. The van der Waals surface area contributed by atoms with E-state index in [2.05, 4.69) is 15.3 Å². The quantitative estimate of drug-likeness (QED) is 0.845. The number of hydrogen-bond donors (Lipinski definition) is 1. The van der Waals surface area contributed by atoms with Gasteiger partial charge >= 0.3 is 0 Å². The first-order valence-corrected chi connectivity index (χ1v) is 10.8. The Labute approximate surface area is 159 Å². The molecule has 1 N–H and O–H groups in total. The molecule has 1 amide bonds. The minimum absolute atomic E-state index is 0.120. The number of rotatable bonds is 5. The summed E-state index contributed by atoms with van der Waals surface area (Å²) in [5.41, 5.74) is 1.96. The summed E-state index contributed by atoms with van der Waals surface area (Å²) in [4.78, 5) is 23.3. The van der Waals surface area contributed by atoms with Crippen LogP contribution in [0.3, 0.4) is 0 Å². The van der Waals surface area contributed by atoms with E-state index < -0.39 is 9.84 Å². The predicted octanol–water partition coefficient (Wildman–Crippen LogP) is 2.36. The highest BCUT2D eigenvalue weighted by molar-refractivity contribution is 7.91. The number of nitrogens with one attached hydrogen (secondary N) is 1. The number of nitrogens with zero attached hydrogens (tertiary/aromatic N) is 3. The Balaban J connectivity index is 1.87. The van der Waals surface area contributed by atoms with Crippen LogP contribution in [0.5, 0.6) is 0 Å². The van der Waals surface area contributed by atoms with Gasteiger partial charge in [-0.15, -0.1) is 0 Å². The fourth-order valence-electron chi connectivity index (χ4n) is 3.34. The third-order valence-corrected chi connectivity index (χ3v) is 6.48. The number of aromatic nitrogens is 2. The highest BCUT2D eigenvalue weighted by Crippen LogP contribution is 2.24. The van der Waals surface area contributed by atoms with Crippen molar-refractivity contribution in [3.63, 3.8) is 0 Å². The number of carbonyl (C=O) groups excluding carboxylic acids is 1. The van der Waals surface area contributed by atoms with Crippen molar-refractivity contribution < 1.29 is 13.2 Å². The van der Waals surface area contributed by atoms with E-state index in [1.165, 1.54) is 0 Å². The van der Waals surface area contributed by atoms with E-state index in [0.29, 0.717) is 24.6 Å². The molecular formula is C19H24N4O3S. The lowest BCUT2D eigenvalue weighted by Gasteiger charge is -2.28. The van der Waals surface area contributed by atoms with Crippen LogP contribution in [0.4, 0.5) is 11.5 Å². The van der Waals surface area contributed by atoms with Crippen molar-refractivity contribution in [1.29, 1.82) is 0 Å². The molecule has 2 heterocycles. The minimum Gasteiger partial charge on any atom is -0.353 e. The van der Waals surface area contributed by atoms with Gasteiger partial charge in [0.25, 0.3) is 5.91 Å². The Bertz CT molecular complexity index is 959. The molecular weight excluding hydrogens is 364 g/mol. The fraction of sp³-hybridized carbons (Fsp3) is 0.421. The van der Waals surface area contributed by atoms with Crippen LogP contribution in [0.1, 0.15) is 35.2 Å². The summed E-state index contributed by atoms with van der Waals surface area (Å²) in [7, 11) is -3.00. The molecule has 0 radical (unpaired) electrons. The molecule has 1 unspecified atom stereocenters. The highest BCUT2D eigenvalue weighted by atomic mass is 32.2. The summed E-state index contributed by atoms with van der Waals surface area (Å²) in [6.45, 7) is 6.21. The maximum Gasteiger partial charge on any atom is 0.274 e. The number of carbonyl (C=O) groups is 1. The zero-order valence-electron chi connectivity index (χ0n) is 15.8. The number of amides is 1. The second kappa shape index (κ2) is 7.64. The average Bonchev–Trinajstić information content (AvgIpc) is 2.96. The molecule has 144 valence electrons. The van der Waals surface area contributed by atoms with Crippen LogP contribution in [0.25, 0.3) is 0 Å². The van der Waals surface area contributed by atoms with Crippen LogP contribution in [-0.2, 0) is 9.84 Å². The maximum absolute atomic E-state index is 12.7. The smallest absolute Gasteiger partial charge is 0.274 e. The van der Waals surface area contributed by atoms with E-state index >= 15 is 0 Å². The molecule has 1 fully saturated rings. The molecule has 1 aromatic carbocycles. The second-order valence-electron chi connectivity index (χ2n) is 6.77. The van der Waals surface area contributed by atoms with Crippen LogP contribution in [0.2, 0.25) is 0 Å². The van der Waals surface area contributed by atoms with Crippen LogP contribution < -0.4 is 10.2 Å². The number of anilines is 2. The topological polar surface area (TPSA) is 92.3 Å². The summed E-state index contributed by atoms with van der Waals surface area (Å²) >= 11 is 0. The molecule has 3 rings (SSSR count). The lowest BCUT2D eigenvalue weighted by atomic mass is 10.2. The third-order valence-electron chi connectivity index (χ3n) is 4.73. The van der Waals surface area contributed by atoms with Gasteiger partial charge in [-0.2, -0.15) is 0 Å². The van der Waals surface area contributed by atoms with E-state index in [-0.39, 0.29) is 29.1 Å². The summed E-state index contributed by atoms with van der Waals surface area (Å²) in [6, 6.07) is 9.04. The Morgan fingerprint density at radius 1 is 1.26 bits per heavy atom. The Morgan fingerprint density at radius 3 is 2.63 bits per heavy atom. The zero-order valence-corrected chi connectivity index (χ0v) is 16.6. The lowest BCUT2D eigenvalue weighted by Crippen LogP contribution is -2.37. The van der Waals surface area contributed by atoms with Crippen molar-refractivity contribution >= 4 is 27.2 Å². The van der Waals surface area contributed by atoms with E-state index in [1.54, 1.807) is 13.0 Å². The van der Waals surface area contributed by atoms with Crippen molar-refractivity contribution in [3.8, 4) is 0 Å². The van der Waals surface area contributed by atoms with Crippen molar-refractivity contribution in [1.82, 2.24) is 9.97 Å². The molecule has 0 aliphatic carbocycles. The standard InChI is InChI=1S/C19H24N4O3S/c1-4-23(15-9-10-27(25,26)12-15)18-11-17(20-14(3)21-18)19(24)22-16-8-6-5-7-13(16)2/h5-8,11,15H,4,9-10,12H2,1-3H3,(H,22,24). The molecule has 0 bridgehead atoms. The Morgan fingerprint density at radius 2 is 2.00 bits per heavy atom. The van der Waals surface area contributed by atoms with Gasteiger partial charge in [-0.3, -0.25) is 4.79 Å². The van der Waals surface area contributed by atoms with Gasteiger partial charge in [0.1, 0.15) is 17.3 Å². The average molecular weight is 388 g/mol. The first kappa shape index (κ1) is 19.3. The van der Waals surface area contributed by atoms with Gasteiger partial charge in [0.2, 0.25) is 0 Å². The van der Waals surface area contributed by atoms with Gasteiger partial charge in [0, 0.05) is 24.3 Å². The SMILES string of the molecule is CCN(c1cc(C(=O)Nc2ccccc2C)nc(C)n1)C1CCS(=O)(=O)C1. The predicted molar refractivity (Wildman–Crippen MR) is 106 cm³/mol. The molecule has 2 aromatic rings. The number of aryl methyl sites for hydroxylation is 2. The van der Waals surface area contributed by atoms with Crippen molar-refractivity contribution in [2.45, 2.75) is 33.2 Å². The molecule has 27 heavy (non-hydrogen) atoms. The normalized spacial score (nSPS) is 18.3. The zero-order chi connectivity index (χ0) is 19.6. The van der Waals surface area contributed by atoms with Gasteiger partial charge in [0.15, 0.2) is 9.84 Å². The summed E-state index contributed by atoms with van der Waals surface area (Å²) in [5.74, 6) is 1.06. The number of benzene rings is 1. The van der Waals surface area contributed by atoms with Crippen molar-refractivity contribution in [3.05, 3.63) is 47.4 Å². The monoisotopic (exact) mass is 388 g/mol. The van der Waals surface area contributed by atoms with Gasteiger partial charge in [0.05, 0.1) is 11.5 Å². The van der Waals surface area contributed by atoms with Crippen LogP contribution in [0.15, 0.2) is 30.3 Å².